The highest BCUT2D eigenvalue weighted by Gasteiger charge is 2.59. The summed E-state index contributed by atoms with van der Waals surface area (Å²) in [6, 6.07) is 0.923. The lowest BCUT2D eigenvalue weighted by molar-refractivity contribution is -0.178. The van der Waals surface area contributed by atoms with Crippen molar-refractivity contribution < 1.29 is 22.4 Å². The molecule has 1 saturated carbocycles. The first-order valence-corrected chi connectivity index (χ1v) is 8.55. The minimum atomic E-state index is -4.93. The molecule has 144 valence electrons. The molecule has 4 rings (SSSR count). The van der Waals surface area contributed by atoms with E-state index in [4.69, 9.17) is 0 Å². The number of amides is 2. The van der Waals surface area contributed by atoms with Crippen molar-refractivity contribution in [2.75, 3.05) is 5.32 Å². The SMILES string of the molecule is O=C1Nc2cc(Cc3cnccn3)c(F)cc2[C@@](C#CC2CC2)(C(F)(F)F)N1. The van der Waals surface area contributed by atoms with E-state index in [-0.39, 0.29) is 23.6 Å². The second-order valence-corrected chi connectivity index (χ2v) is 6.73. The Balaban J connectivity index is 1.82. The highest BCUT2D eigenvalue weighted by Crippen LogP contribution is 2.45. The summed E-state index contributed by atoms with van der Waals surface area (Å²) in [6.45, 7) is 0. The first-order chi connectivity index (χ1) is 13.3. The van der Waals surface area contributed by atoms with Gasteiger partial charge in [-0.2, -0.15) is 13.2 Å². The number of aromatic nitrogens is 2. The number of nitrogens with one attached hydrogen (secondary N) is 2. The van der Waals surface area contributed by atoms with E-state index < -0.39 is 29.1 Å². The summed E-state index contributed by atoms with van der Waals surface area (Å²) < 4.78 is 56.7. The number of anilines is 1. The Morgan fingerprint density at radius 3 is 2.68 bits per heavy atom. The lowest BCUT2D eigenvalue weighted by atomic mass is 9.85. The summed E-state index contributed by atoms with van der Waals surface area (Å²) in [4.78, 5) is 19.9. The molecule has 5 nitrogen and oxygen atoms in total. The van der Waals surface area contributed by atoms with E-state index in [0.29, 0.717) is 18.5 Å². The zero-order chi connectivity index (χ0) is 19.9. The number of alkyl halides is 3. The summed E-state index contributed by atoms with van der Waals surface area (Å²) in [5.41, 5.74) is -3.02. The number of fused-ring (bicyclic) bond motifs is 1. The first kappa shape index (κ1) is 18.2. The lowest BCUT2D eigenvalue weighted by Crippen LogP contribution is -2.59. The third-order valence-electron chi connectivity index (χ3n) is 4.59. The maximum Gasteiger partial charge on any atom is 0.427 e. The Morgan fingerprint density at radius 1 is 1.25 bits per heavy atom. The first-order valence-electron chi connectivity index (χ1n) is 8.55. The van der Waals surface area contributed by atoms with Crippen LogP contribution in [-0.2, 0) is 12.0 Å². The smallest absolute Gasteiger partial charge is 0.310 e. The van der Waals surface area contributed by atoms with Crippen molar-refractivity contribution in [3.05, 3.63) is 53.4 Å². The van der Waals surface area contributed by atoms with Gasteiger partial charge in [0.25, 0.3) is 0 Å². The number of carbonyl (C=O) groups excluding carboxylic acids is 1. The van der Waals surface area contributed by atoms with E-state index in [0.717, 1.165) is 6.07 Å². The van der Waals surface area contributed by atoms with Crippen molar-refractivity contribution in [1.29, 1.82) is 0 Å². The Kier molecular flexibility index (Phi) is 4.22. The Labute approximate surface area is 157 Å². The molecule has 1 aliphatic heterocycles. The van der Waals surface area contributed by atoms with Crippen molar-refractivity contribution in [3.8, 4) is 11.8 Å². The molecule has 0 spiro atoms. The van der Waals surface area contributed by atoms with Crippen LogP contribution in [0.2, 0.25) is 0 Å². The number of hydrogen-bond donors (Lipinski definition) is 2. The predicted molar refractivity (Wildman–Crippen MR) is 91.6 cm³/mol. The Morgan fingerprint density at radius 2 is 2.04 bits per heavy atom. The Hall–Kier alpha value is -3.15. The largest absolute Gasteiger partial charge is 0.427 e. The summed E-state index contributed by atoms with van der Waals surface area (Å²) in [5.74, 6) is 3.77. The van der Waals surface area contributed by atoms with Crippen molar-refractivity contribution in [2.24, 2.45) is 5.92 Å². The van der Waals surface area contributed by atoms with E-state index in [1.54, 1.807) is 0 Å². The van der Waals surface area contributed by atoms with Crippen LogP contribution < -0.4 is 10.6 Å². The van der Waals surface area contributed by atoms with Gasteiger partial charge in [0.05, 0.1) is 5.69 Å². The molecule has 1 aromatic carbocycles. The fourth-order valence-corrected chi connectivity index (χ4v) is 3.01. The number of urea groups is 1. The second kappa shape index (κ2) is 6.48. The number of benzene rings is 1. The minimum absolute atomic E-state index is 0.0169. The number of hydrogen-bond acceptors (Lipinski definition) is 3. The van der Waals surface area contributed by atoms with Crippen molar-refractivity contribution >= 4 is 11.7 Å². The standard InChI is InChI=1S/C19H14F4N4O/c20-15-9-14-16(8-12(15)7-13-10-24-5-6-25-13)26-17(28)27-18(14,19(21,22)23)4-3-11-1-2-11/h5-6,8-11H,1-2,7H2,(H2,26,27,28)/t18-/m0/s1. The molecule has 1 aromatic heterocycles. The molecule has 1 atom stereocenters. The molecule has 1 fully saturated rings. The molecule has 2 aliphatic rings. The monoisotopic (exact) mass is 390 g/mol. The number of carbonyl (C=O) groups is 1. The summed E-state index contributed by atoms with van der Waals surface area (Å²) in [7, 11) is 0. The van der Waals surface area contributed by atoms with Crippen molar-refractivity contribution in [1.82, 2.24) is 15.3 Å². The summed E-state index contributed by atoms with van der Waals surface area (Å²) in [5, 5.41) is 4.19. The van der Waals surface area contributed by atoms with Crippen LogP contribution in [0.3, 0.4) is 0 Å². The van der Waals surface area contributed by atoms with Crippen LogP contribution in [0, 0.1) is 23.6 Å². The molecule has 1 aliphatic carbocycles. The molecule has 2 N–H and O–H groups in total. The molecule has 0 radical (unpaired) electrons. The normalized spacial score (nSPS) is 21.1. The third kappa shape index (κ3) is 3.26. The molecule has 2 amide bonds. The van der Waals surface area contributed by atoms with E-state index in [1.165, 1.54) is 24.7 Å². The lowest BCUT2D eigenvalue weighted by Gasteiger charge is -2.37. The van der Waals surface area contributed by atoms with Gasteiger partial charge < -0.3 is 10.6 Å². The van der Waals surface area contributed by atoms with E-state index in [1.807, 2.05) is 5.32 Å². The number of halogens is 4. The maximum atomic E-state index is 14.7. The van der Waals surface area contributed by atoms with Crippen LogP contribution in [0.1, 0.15) is 29.7 Å². The summed E-state index contributed by atoms with van der Waals surface area (Å²) in [6.07, 6.45) is 0.828. The number of rotatable bonds is 2. The topological polar surface area (TPSA) is 66.9 Å². The van der Waals surface area contributed by atoms with Gasteiger partial charge in [0.15, 0.2) is 0 Å². The molecule has 0 bridgehead atoms. The molecule has 28 heavy (non-hydrogen) atoms. The highest BCUT2D eigenvalue weighted by atomic mass is 19.4. The fraction of sp³-hybridized carbons (Fsp3) is 0.316. The van der Waals surface area contributed by atoms with Gasteiger partial charge in [-0.15, -0.1) is 0 Å². The van der Waals surface area contributed by atoms with Crippen LogP contribution in [0.25, 0.3) is 0 Å². The van der Waals surface area contributed by atoms with Gasteiger partial charge in [-0.1, -0.05) is 11.8 Å². The zero-order valence-corrected chi connectivity index (χ0v) is 14.4. The maximum absolute atomic E-state index is 14.7. The van der Waals surface area contributed by atoms with Gasteiger partial charge >= 0.3 is 12.2 Å². The average Bonchev–Trinajstić information content (AvgIpc) is 3.45. The third-order valence-corrected chi connectivity index (χ3v) is 4.59. The molecular formula is C19H14F4N4O. The zero-order valence-electron chi connectivity index (χ0n) is 14.4. The second-order valence-electron chi connectivity index (χ2n) is 6.73. The molecule has 2 aromatic rings. The fourth-order valence-electron chi connectivity index (χ4n) is 3.01. The van der Waals surface area contributed by atoms with Crippen LogP contribution in [0.15, 0.2) is 30.7 Å². The summed E-state index contributed by atoms with van der Waals surface area (Å²) >= 11 is 0. The van der Waals surface area contributed by atoms with Crippen LogP contribution in [0.4, 0.5) is 28.0 Å². The average molecular weight is 390 g/mol. The molecule has 0 saturated heterocycles. The van der Waals surface area contributed by atoms with Crippen molar-refractivity contribution in [2.45, 2.75) is 31.0 Å². The van der Waals surface area contributed by atoms with Crippen molar-refractivity contribution in [3.63, 3.8) is 0 Å². The van der Waals surface area contributed by atoms with E-state index in [2.05, 4.69) is 27.1 Å². The highest BCUT2D eigenvalue weighted by molar-refractivity contribution is 5.95. The Bertz CT molecular complexity index is 993. The van der Waals surface area contributed by atoms with E-state index >= 15 is 0 Å². The van der Waals surface area contributed by atoms with Gasteiger partial charge in [0.1, 0.15) is 5.82 Å². The van der Waals surface area contributed by atoms with Crippen LogP contribution >= 0.6 is 0 Å². The van der Waals surface area contributed by atoms with E-state index in [9.17, 15) is 22.4 Å². The van der Waals surface area contributed by atoms with Crippen LogP contribution in [0.5, 0.6) is 0 Å². The van der Waals surface area contributed by atoms with Gasteiger partial charge in [-0.05, 0) is 30.5 Å². The quantitative estimate of drug-likeness (QED) is 0.609. The van der Waals surface area contributed by atoms with Gasteiger partial charge in [0, 0.05) is 42.2 Å². The molecule has 2 heterocycles. The van der Waals surface area contributed by atoms with Gasteiger partial charge in [0.2, 0.25) is 5.54 Å². The van der Waals surface area contributed by atoms with Gasteiger partial charge in [-0.3, -0.25) is 9.97 Å². The minimum Gasteiger partial charge on any atom is -0.310 e. The molecule has 9 heteroatoms. The molecular weight excluding hydrogens is 376 g/mol. The molecule has 0 unspecified atom stereocenters. The predicted octanol–water partition coefficient (Wildman–Crippen LogP) is 3.51. The van der Waals surface area contributed by atoms with Crippen LogP contribution in [-0.4, -0.2) is 22.2 Å². The number of nitrogens with zero attached hydrogens (tertiary/aromatic N) is 2. The van der Waals surface area contributed by atoms with Gasteiger partial charge in [-0.25, -0.2) is 9.18 Å².